The van der Waals surface area contributed by atoms with E-state index in [4.69, 9.17) is 4.74 Å². The van der Waals surface area contributed by atoms with Crippen molar-refractivity contribution in [1.82, 2.24) is 10.3 Å². The molecule has 0 unspecified atom stereocenters. The van der Waals surface area contributed by atoms with Gasteiger partial charge in [-0.3, -0.25) is 4.79 Å². The number of nitrogens with zero attached hydrogens (tertiary/aromatic N) is 1. The fourth-order valence-corrected chi connectivity index (χ4v) is 3.17. The highest BCUT2D eigenvalue weighted by atomic mass is 32.1. The van der Waals surface area contributed by atoms with E-state index < -0.39 is 0 Å². The Labute approximate surface area is 115 Å². The van der Waals surface area contributed by atoms with Crippen molar-refractivity contribution in [3.05, 3.63) is 28.8 Å². The number of nitrogens with one attached hydrogen (secondary N) is 1. The molecule has 2 heterocycles. The fourth-order valence-electron chi connectivity index (χ4n) is 2.30. The summed E-state index contributed by atoms with van der Waals surface area (Å²) in [5, 5.41) is 4.05. The number of amides is 1. The van der Waals surface area contributed by atoms with Gasteiger partial charge in [-0.25, -0.2) is 4.98 Å². The zero-order chi connectivity index (χ0) is 13.2. The third-order valence-corrected chi connectivity index (χ3v) is 4.19. The smallest absolute Gasteiger partial charge is 0.251 e. The van der Waals surface area contributed by atoms with E-state index in [1.54, 1.807) is 11.3 Å². The lowest BCUT2D eigenvalue weighted by Gasteiger charge is -2.23. The van der Waals surface area contributed by atoms with Gasteiger partial charge in [0, 0.05) is 12.2 Å². The number of hydrogen-bond acceptors (Lipinski definition) is 4. The number of benzene rings is 1. The van der Waals surface area contributed by atoms with E-state index >= 15 is 0 Å². The van der Waals surface area contributed by atoms with Gasteiger partial charge in [-0.2, -0.15) is 0 Å². The first-order chi connectivity index (χ1) is 9.22. The van der Waals surface area contributed by atoms with Gasteiger partial charge in [0.05, 0.1) is 27.9 Å². The Hall–Kier alpha value is -1.46. The van der Waals surface area contributed by atoms with Gasteiger partial charge >= 0.3 is 0 Å². The molecule has 0 radical (unpaired) electrons. The molecule has 19 heavy (non-hydrogen) atoms. The second-order valence-corrected chi connectivity index (χ2v) is 6.04. The zero-order valence-corrected chi connectivity index (χ0v) is 11.6. The Morgan fingerprint density at radius 3 is 3.21 bits per heavy atom. The van der Waals surface area contributed by atoms with Gasteiger partial charge in [-0.05, 0) is 38.0 Å². The molecule has 0 aliphatic carbocycles. The number of fused-ring (bicyclic) bond motifs is 1. The van der Waals surface area contributed by atoms with Gasteiger partial charge in [0.25, 0.3) is 5.91 Å². The highest BCUT2D eigenvalue weighted by Gasteiger charge is 2.17. The van der Waals surface area contributed by atoms with Gasteiger partial charge in [-0.15, -0.1) is 11.3 Å². The minimum Gasteiger partial charge on any atom is -0.379 e. The van der Waals surface area contributed by atoms with Crippen molar-refractivity contribution in [3.8, 4) is 0 Å². The molecular weight excluding hydrogens is 260 g/mol. The van der Waals surface area contributed by atoms with E-state index in [9.17, 15) is 4.79 Å². The van der Waals surface area contributed by atoms with Crippen LogP contribution in [0.15, 0.2) is 18.2 Å². The zero-order valence-electron chi connectivity index (χ0n) is 10.8. The number of aryl methyl sites for hydroxylation is 1. The number of carbonyl (C=O) groups excluding carboxylic acids is 1. The maximum Gasteiger partial charge on any atom is 0.251 e. The highest BCUT2D eigenvalue weighted by molar-refractivity contribution is 7.18. The number of carbonyl (C=O) groups is 1. The van der Waals surface area contributed by atoms with E-state index in [-0.39, 0.29) is 11.9 Å². The largest absolute Gasteiger partial charge is 0.379 e. The molecule has 0 bridgehead atoms. The standard InChI is InChI=1S/C14H16N2O2S/c1-9-15-12-5-4-10(7-13(12)19-9)14(17)16-11-3-2-6-18-8-11/h4-5,7,11H,2-3,6,8H2,1H3,(H,16,17)/t11-/m0/s1. The molecule has 1 aliphatic rings. The Bertz CT molecular complexity index is 603. The predicted octanol–water partition coefficient (Wildman–Crippen LogP) is 2.51. The van der Waals surface area contributed by atoms with E-state index in [0.29, 0.717) is 12.2 Å². The second kappa shape index (κ2) is 5.27. The van der Waals surface area contributed by atoms with Crippen LogP contribution in [-0.4, -0.2) is 30.1 Å². The average Bonchev–Trinajstić information content (AvgIpc) is 2.78. The maximum atomic E-state index is 12.2. The molecule has 1 aromatic carbocycles. The van der Waals surface area contributed by atoms with E-state index in [2.05, 4.69) is 10.3 Å². The first-order valence-electron chi connectivity index (χ1n) is 6.48. The van der Waals surface area contributed by atoms with Crippen LogP contribution in [0.4, 0.5) is 0 Å². The summed E-state index contributed by atoms with van der Waals surface area (Å²) in [5.74, 6) is -0.0246. The SMILES string of the molecule is Cc1nc2ccc(C(=O)N[C@H]3CCCOC3)cc2s1. The highest BCUT2D eigenvalue weighted by Crippen LogP contribution is 2.22. The molecule has 1 aliphatic heterocycles. The normalized spacial score (nSPS) is 19.5. The van der Waals surface area contributed by atoms with Gasteiger partial charge < -0.3 is 10.1 Å². The molecule has 1 N–H and O–H groups in total. The molecule has 1 atom stereocenters. The Kier molecular flexibility index (Phi) is 3.48. The van der Waals surface area contributed by atoms with Crippen molar-refractivity contribution in [2.75, 3.05) is 13.2 Å². The molecule has 1 fully saturated rings. The summed E-state index contributed by atoms with van der Waals surface area (Å²) in [5.41, 5.74) is 1.65. The van der Waals surface area contributed by atoms with E-state index in [0.717, 1.165) is 34.7 Å². The number of aromatic nitrogens is 1. The monoisotopic (exact) mass is 276 g/mol. The van der Waals surface area contributed by atoms with Crippen LogP contribution < -0.4 is 5.32 Å². The molecule has 0 saturated carbocycles. The Morgan fingerprint density at radius 2 is 2.42 bits per heavy atom. The number of rotatable bonds is 2. The molecule has 2 aromatic rings. The van der Waals surface area contributed by atoms with Crippen molar-refractivity contribution in [3.63, 3.8) is 0 Å². The van der Waals surface area contributed by atoms with Crippen LogP contribution in [0.2, 0.25) is 0 Å². The topological polar surface area (TPSA) is 51.2 Å². The van der Waals surface area contributed by atoms with Crippen LogP contribution in [0.25, 0.3) is 10.2 Å². The van der Waals surface area contributed by atoms with Crippen LogP contribution in [0.3, 0.4) is 0 Å². The minimum absolute atomic E-state index is 0.0246. The van der Waals surface area contributed by atoms with Gasteiger partial charge in [0.2, 0.25) is 0 Å². The van der Waals surface area contributed by atoms with Crippen molar-refractivity contribution >= 4 is 27.5 Å². The lowest BCUT2D eigenvalue weighted by molar-refractivity contribution is 0.0624. The summed E-state index contributed by atoms with van der Waals surface area (Å²) in [7, 11) is 0. The van der Waals surface area contributed by atoms with Crippen LogP contribution >= 0.6 is 11.3 Å². The molecular formula is C14H16N2O2S. The van der Waals surface area contributed by atoms with Crippen molar-refractivity contribution in [2.24, 2.45) is 0 Å². The Morgan fingerprint density at radius 1 is 1.53 bits per heavy atom. The van der Waals surface area contributed by atoms with Gasteiger partial charge in [0.15, 0.2) is 0 Å². The van der Waals surface area contributed by atoms with Crippen molar-refractivity contribution in [2.45, 2.75) is 25.8 Å². The quantitative estimate of drug-likeness (QED) is 0.917. The van der Waals surface area contributed by atoms with E-state index in [1.165, 1.54) is 0 Å². The summed E-state index contributed by atoms with van der Waals surface area (Å²) in [6.45, 7) is 3.40. The summed E-state index contributed by atoms with van der Waals surface area (Å²) in [6, 6.07) is 5.80. The molecule has 100 valence electrons. The molecule has 4 nitrogen and oxygen atoms in total. The third-order valence-electron chi connectivity index (χ3n) is 3.25. The molecule has 1 amide bonds. The molecule has 1 aromatic heterocycles. The summed E-state index contributed by atoms with van der Waals surface area (Å²) in [4.78, 5) is 16.6. The molecule has 1 saturated heterocycles. The Balaban J connectivity index is 1.76. The molecule has 0 spiro atoms. The molecule has 3 rings (SSSR count). The first kappa shape index (κ1) is 12.6. The van der Waals surface area contributed by atoms with Gasteiger partial charge in [-0.1, -0.05) is 0 Å². The van der Waals surface area contributed by atoms with Crippen LogP contribution in [0.1, 0.15) is 28.2 Å². The minimum atomic E-state index is -0.0246. The summed E-state index contributed by atoms with van der Waals surface area (Å²) in [6.07, 6.45) is 2.01. The fraction of sp³-hybridized carbons (Fsp3) is 0.429. The van der Waals surface area contributed by atoms with Crippen molar-refractivity contribution < 1.29 is 9.53 Å². The van der Waals surface area contributed by atoms with Crippen LogP contribution in [0.5, 0.6) is 0 Å². The number of thiazole rings is 1. The second-order valence-electron chi connectivity index (χ2n) is 4.80. The van der Waals surface area contributed by atoms with Crippen molar-refractivity contribution in [1.29, 1.82) is 0 Å². The predicted molar refractivity (Wildman–Crippen MR) is 75.7 cm³/mol. The van der Waals surface area contributed by atoms with Crippen LogP contribution in [0, 0.1) is 6.92 Å². The number of ether oxygens (including phenoxy) is 1. The lowest BCUT2D eigenvalue weighted by Crippen LogP contribution is -2.40. The van der Waals surface area contributed by atoms with Crippen LogP contribution in [-0.2, 0) is 4.74 Å². The molecule has 5 heteroatoms. The lowest BCUT2D eigenvalue weighted by atomic mass is 10.1. The first-order valence-corrected chi connectivity index (χ1v) is 7.30. The summed E-state index contributed by atoms with van der Waals surface area (Å²) < 4.78 is 6.43. The third kappa shape index (κ3) is 2.77. The van der Waals surface area contributed by atoms with Gasteiger partial charge in [0.1, 0.15) is 0 Å². The summed E-state index contributed by atoms with van der Waals surface area (Å²) >= 11 is 1.61. The number of hydrogen-bond donors (Lipinski definition) is 1. The van der Waals surface area contributed by atoms with E-state index in [1.807, 2.05) is 25.1 Å². The average molecular weight is 276 g/mol. The maximum absolute atomic E-state index is 12.2.